The molecule has 0 saturated carbocycles. The summed E-state index contributed by atoms with van der Waals surface area (Å²) in [4.78, 5) is 28.0. The molecule has 156 valence electrons. The maximum absolute atomic E-state index is 12.7. The minimum absolute atomic E-state index is 0.0257. The van der Waals surface area contributed by atoms with Crippen LogP contribution in [-0.4, -0.2) is 42.3 Å². The van der Waals surface area contributed by atoms with E-state index in [4.69, 9.17) is 4.74 Å². The van der Waals surface area contributed by atoms with Gasteiger partial charge in [-0.1, -0.05) is 25.1 Å². The van der Waals surface area contributed by atoms with Gasteiger partial charge in [0.2, 0.25) is 0 Å². The maximum Gasteiger partial charge on any atom is 0.260 e. The molecule has 29 heavy (non-hydrogen) atoms. The molecule has 5 nitrogen and oxygen atoms in total. The van der Waals surface area contributed by atoms with Crippen LogP contribution in [-0.2, 0) is 4.79 Å². The number of Topliss-reactive ketones (excluding diaryl/α,β-unsaturated/α-hetero) is 1. The second-order valence-corrected chi connectivity index (χ2v) is 8.82. The van der Waals surface area contributed by atoms with Gasteiger partial charge in [-0.25, -0.2) is 0 Å². The zero-order valence-electron chi connectivity index (χ0n) is 17.4. The molecule has 1 amide bonds. The van der Waals surface area contributed by atoms with Crippen LogP contribution in [0.25, 0.3) is 0 Å². The quantitative estimate of drug-likeness (QED) is 0.654. The van der Waals surface area contributed by atoms with Crippen molar-refractivity contribution in [3.63, 3.8) is 0 Å². The molecule has 1 saturated heterocycles. The molecule has 2 heterocycles. The zero-order valence-corrected chi connectivity index (χ0v) is 18.2. The van der Waals surface area contributed by atoms with Gasteiger partial charge in [-0.15, -0.1) is 11.3 Å². The van der Waals surface area contributed by atoms with E-state index in [0.717, 1.165) is 19.0 Å². The molecule has 2 aromatic rings. The lowest BCUT2D eigenvalue weighted by atomic mass is 9.97. The molecular formula is C23H30N2O3S. The summed E-state index contributed by atoms with van der Waals surface area (Å²) in [6.45, 7) is 8.24. The van der Waals surface area contributed by atoms with Crippen LogP contribution in [0.5, 0.6) is 5.75 Å². The number of nitrogens with one attached hydrogen (secondary N) is 1. The van der Waals surface area contributed by atoms with Crippen molar-refractivity contribution >= 4 is 23.0 Å². The first-order chi connectivity index (χ1) is 13.9. The number of amides is 1. The summed E-state index contributed by atoms with van der Waals surface area (Å²) in [7, 11) is 0. The first kappa shape index (κ1) is 21.5. The minimum atomic E-state index is -0.637. The lowest BCUT2D eigenvalue weighted by Gasteiger charge is -2.36. The highest BCUT2D eigenvalue weighted by molar-refractivity contribution is 7.10. The molecule has 0 aliphatic carbocycles. The van der Waals surface area contributed by atoms with Gasteiger partial charge in [0.25, 0.3) is 5.91 Å². The van der Waals surface area contributed by atoms with E-state index < -0.39 is 6.10 Å². The average Bonchev–Trinajstić information content (AvgIpc) is 3.24. The number of nitrogens with zero attached hydrogens (tertiary/aromatic N) is 1. The lowest BCUT2D eigenvalue weighted by molar-refractivity contribution is -0.127. The zero-order chi connectivity index (χ0) is 20.8. The second kappa shape index (κ2) is 10.0. The Bertz CT molecular complexity index is 813. The van der Waals surface area contributed by atoms with Crippen LogP contribution in [0.2, 0.25) is 0 Å². The smallest absolute Gasteiger partial charge is 0.260 e. The van der Waals surface area contributed by atoms with Crippen LogP contribution in [0, 0.1) is 5.92 Å². The summed E-state index contributed by atoms with van der Waals surface area (Å²) in [6.07, 6.45) is 1.76. The van der Waals surface area contributed by atoms with E-state index in [1.54, 1.807) is 42.5 Å². The molecule has 2 atom stereocenters. The molecule has 1 N–H and O–H groups in total. The van der Waals surface area contributed by atoms with Gasteiger partial charge in [0.1, 0.15) is 5.75 Å². The summed E-state index contributed by atoms with van der Waals surface area (Å²) in [5, 5.41) is 5.16. The molecule has 1 aromatic heterocycles. The van der Waals surface area contributed by atoms with E-state index in [1.807, 2.05) is 0 Å². The molecule has 6 heteroatoms. The Morgan fingerprint density at radius 2 is 2.00 bits per heavy atom. The number of hydrogen-bond donors (Lipinski definition) is 1. The van der Waals surface area contributed by atoms with E-state index in [0.29, 0.717) is 17.9 Å². The van der Waals surface area contributed by atoms with E-state index in [-0.39, 0.29) is 17.7 Å². The highest BCUT2D eigenvalue weighted by atomic mass is 32.1. The van der Waals surface area contributed by atoms with Crippen molar-refractivity contribution in [3.8, 4) is 5.75 Å². The van der Waals surface area contributed by atoms with Crippen LogP contribution in [0.4, 0.5) is 0 Å². The maximum atomic E-state index is 12.7. The minimum Gasteiger partial charge on any atom is -0.481 e. The number of carbonyl (C=O) groups is 2. The van der Waals surface area contributed by atoms with Gasteiger partial charge in [0.15, 0.2) is 11.9 Å². The molecule has 1 aromatic carbocycles. The molecule has 0 radical (unpaired) electrons. The van der Waals surface area contributed by atoms with E-state index >= 15 is 0 Å². The van der Waals surface area contributed by atoms with Crippen LogP contribution < -0.4 is 10.1 Å². The third kappa shape index (κ3) is 5.90. The van der Waals surface area contributed by atoms with Crippen LogP contribution >= 0.6 is 11.3 Å². The lowest BCUT2D eigenvalue weighted by Crippen LogP contribution is -2.44. The van der Waals surface area contributed by atoms with Crippen molar-refractivity contribution in [2.45, 2.75) is 45.8 Å². The van der Waals surface area contributed by atoms with Crippen molar-refractivity contribution < 1.29 is 14.3 Å². The molecule has 0 spiro atoms. The Labute approximate surface area is 177 Å². The van der Waals surface area contributed by atoms with Crippen molar-refractivity contribution in [2.75, 3.05) is 19.6 Å². The fraction of sp³-hybridized carbons (Fsp3) is 0.478. The Balaban J connectivity index is 1.59. The van der Waals surface area contributed by atoms with E-state index in [2.05, 4.69) is 34.7 Å². The number of hydrogen-bond acceptors (Lipinski definition) is 5. The summed E-state index contributed by atoms with van der Waals surface area (Å²) in [6, 6.07) is 11.3. The Morgan fingerprint density at radius 1 is 1.24 bits per heavy atom. The highest BCUT2D eigenvalue weighted by Crippen LogP contribution is 2.29. The standard InChI is InChI=1S/C23H30N2O3S/c1-16-9-11-25(12-10-16)21(22-8-5-13-29-22)15-24-23(27)18(3)28-20-7-4-6-19(14-20)17(2)26/h4-8,13-14,16,18,21H,9-12,15H2,1-3H3,(H,24,27). The van der Waals surface area contributed by atoms with Crippen molar-refractivity contribution in [3.05, 3.63) is 52.2 Å². The highest BCUT2D eigenvalue weighted by Gasteiger charge is 2.26. The third-order valence-corrected chi connectivity index (χ3v) is 6.50. The molecule has 3 rings (SSSR count). The van der Waals surface area contributed by atoms with Gasteiger partial charge in [-0.3, -0.25) is 14.5 Å². The monoisotopic (exact) mass is 414 g/mol. The fourth-order valence-corrected chi connectivity index (χ4v) is 4.48. The second-order valence-electron chi connectivity index (χ2n) is 7.84. The SMILES string of the molecule is CC(=O)c1cccc(OC(C)C(=O)NCC(c2cccs2)N2CCC(C)CC2)c1. The van der Waals surface area contributed by atoms with Gasteiger partial charge in [-0.05, 0) is 69.3 Å². The van der Waals surface area contributed by atoms with Gasteiger partial charge >= 0.3 is 0 Å². The van der Waals surface area contributed by atoms with Gasteiger partial charge in [0.05, 0.1) is 6.04 Å². The van der Waals surface area contributed by atoms with Gasteiger partial charge < -0.3 is 10.1 Å². The van der Waals surface area contributed by atoms with E-state index in [1.165, 1.54) is 24.6 Å². The number of piperidine rings is 1. The first-order valence-electron chi connectivity index (χ1n) is 10.3. The van der Waals surface area contributed by atoms with Crippen molar-refractivity contribution in [2.24, 2.45) is 5.92 Å². The number of thiophene rings is 1. The van der Waals surface area contributed by atoms with Gasteiger partial charge in [-0.2, -0.15) is 0 Å². The normalized spacial score (nSPS) is 17.5. The number of benzene rings is 1. The summed E-state index contributed by atoms with van der Waals surface area (Å²) < 4.78 is 5.77. The summed E-state index contributed by atoms with van der Waals surface area (Å²) in [5.41, 5.74) is 0.576. The molecule has 2 unspecified atom stereocenters. The van der Waals surface area contributed by atoms with Crippen molar-refractivity contribution in [1.82, 2.24) is 10.2 Å². The average molecular weight is 415 g/mol. The third-order valence-electron chi connectivity index (χ3n) is 5.52. The number of carbonyl (C=O) groups excluding carboxylic acids is 2. The fourth-order valence-electron chi connectivity index (χ4n) is 3.62. The Hall–Kier alpha value is -2.18. The van der Waals surface area contributed by atoms with E-state index in [9.17, 15) is 9.59 Å². The Kier molecular flexibility index (Phi) is 7.45. The predicted octanol–water partition coefficient (Wildman–Crippen LogP) is 4.31. The molecule has 1 aliphatic heterocycles. The summed E-state index contributed by atoms with van der Waals surface area (Å²) >= 11 is 1.74. The number of rotatable bonds is 8. The molecule has 1 aliphatic rings. The van der Waals surface area contributed by atoms with Crippen molar-refractivity contribution in [1.29, 1.82) is 0 Å². The van der Waals surface area contributed by atoms with Crippen LogP contribution in [0.1, 0.15) is 54.9 Å². The largest absolute Gasteiger partial charge is 0.481 e. The summed E-state index contributed by atoms with van der Waals surface area (Å²) in [5.74, 6) is 1.12. The molecular weight excluding hydrogens is 384 g/mol. The number of likely N-dealkylation sites (tertiary alicyclic amines) is 1. The molecule has 0 bridgehead atoms. The first-order valence-corrected chi connectivity index (χ1v) is 11.1. The van der Waals surface area contributed by atoms with Crippen LogP contribution in [0.15, 0.2) is 41.8 Å². The predicted molar refractivity (Wildman–Crippen MR) is 117 cm³/mol. The Morgan fingerprint density at radius 3 is 2.66 bits per heavy atom. The van der Waals surface area contributed by atoms with Crippen LogP contribution in [0.3, 0.4) is 0 Å². The topological polar surface area (TPSA) is 58.6 Å². The number of ketones is 1. The molecule has 1 fully saturated rings. The van der Waals surface area contributed by atoms with Gasteiger partial charge in [0, 0.05) is 17.0 Å². The number of ether oxygens (including phenoxy) is 1.